The third kappa shape index (κ3) is 3.98. The number of carbonyl (C=O) groups excluding carboxylic acids is 1. The lowest BCUT2D eigenvalue weighted by Gasteiger charge is -2.32. The highest BCUT2D eigenvalue weighted by Crippen LogP contribution is 2.29. The maximum Gasteiger partial charge on any atom is 0.453 e. The Morgan fingerprint density at radius 2 is 1.72 bits per heavy atom. The van der Waals surface area contributed by atoms with Gasteiger partial charge in [-0.3, -0.25) is 4.79 Å². The minimum atomic E-state index is -4.66. The van der Waals surface area contributed by atoms with Gasteiger partial charge in [0.2, 0.25) is 5.91 Å². The van der Waals surface area contributed by atoms with E-state index in [-0.39, 0.29) is 23.3 Å². The second-order valence-electron chi connectivity index (χ2n) is 6.74. The van der Waals surface area contributed by atoms with Crippen molar-refractivity contribution >= 4 is 23.1 Å². The van der Waals surface area contributed by atoms with Gasteiger partial charge in [-0.1, -0.05) is 0 Å². The van der Waals surface area contributed by atoms with Crippen LogP contribution in [0, 0.1) is 11.7 Å². The molecule has 0 bridgehead atoms. The van der Waals surface area contributed by atoms with Crippen molar-refractivity contribution in [2.75, 3.05) is 23.3 Å². The summed E-state index contributed by atoms with van der Waals surface area (Å²) < 4.78 is 52.7. The molecule has 4 rings (SSSR count). The highest BCUT2D eigenvalue weighted by molar-refractivity contribution is 5.92. The van der Waals surface area contributed by atoms with Gasteiger partial charge in [-0.25, -0.2) is 4.39 Å². The Kier molecular flexibility index (Phi) is 4.81. The number of hydrogen-bond donors (Lipinski definition) is 1. The molecule has 3 heterocycles. The topological polar surface area (TPSA) is 75.4 Å². The number of nitrogens with zero attached hydrogens (tertiary/aromatic N) is 5. The Morgan fingerprint density at radius 1 is 1.03 bits per heavy atom. The molecule has 1 aliphatic heterocycles. The number of hydrogen-bond acceptors (Lipinski definition) is 5. The molecule has 0 saturated carbocycles. The molecule has 1 aromatic carbocycles. The lowest BCUT2D eigenvalue weighted by atomic mass is 9.96. The highest BCUT2D eigenvalue weighted by Gasteiger charge is 2.38. The van der Waals surface area contributed by atoms with Crippen molar-refractivity contribution in [2.24, 2.45) is 5.92 Å². The van der Waals surface area contributed by atoms with Gasteiger partial charge >= 0.3 is 6.18 Å². The molecule has 3 aromatic rings. The molecule has 1 N–H and O–H groups in total. The number of carbonyl (C=O) groups is 1. The Hall–Kier alpha value is -3.24. The molecule has 2 aromatic heterocycles. The second-order valence-corrected chi connectivity index (χ2v) is 6.74. The number of aromatic nitrogens is 4. The molecule has 152 valence electrons. The first kappa shape index (κ1) is 19.1. The van der Waals surface area contributed by atoms with Crippen LogP contribution in [0.25, 0.3) is 5.65 Å². The summed E-state index contributed by atoms with van der Waals surface area (Å²) in [6.45, 7) is 0.924. The molecule has 29 heavy (non-hydrogen) atoms. The molecular formula is C18H16F4N6O. The van der Waals surface area contributed by atoms with Crippen LogP contribution in [0.3, 0.4) is 0 Å². The average Bonchev–Trinajstić information content (AvgIpc) is 3.13. The average molecular weight is 408 g/mol. The van der Waals surface area contributed by atoms with Gasteiger partial charge in [-0.15, -0.1) is 15.3 Å². The summed E-state index contributed by atoms with van der Waals surface area (Å²) in [5.41, 5.74) is 0.521. The Labute approximate surface area is 162 Å². The molecule has 7 nitrogen and oxygen atoms in total. The summed E-state index contributed by atoms with van der Waals surface area (Å²) in [6.07, 6.45) is -3.63. The summed E-state index contributed by atoms with van der Waals surface area (Å²) in [6, 6.07) is 8.51. The van der Waals surface area contributed by atoms with Crippen LogP contribution in [0.2, 0.25) is 0 Å². The first-order chi connectivity index (χ1) is 13.8. The zero-order valence-corrected chi connectivity index (χ0v) is 15.0. The van der Waals surface area contributed by atoms with E-state index in [4.69, 9.17) is 0 Å². The first-order valence-electron chi connectivity index (χ1n) is 8.92. The van der Waals surface area contributed by atoms with E-state index in [1.165, 1.54) is 30.3 Å². The normalized spacial score (nSPS) is 15.7. The van der Waals surface area contributed by atoms with Crippen molar-refractivity contribution in [3.05, 3.63) is 48.0 Å². The molecule has 1 aliphatic rings. The van der Waals surface area contributed by atoms with Gasteiger partial charge in [0.25, 0.3) is 5.82 Å². The van der Waals surface area contributed by atoms with E-state index in [9.17, 15) is 22.4 Å². The zero-order valence-electron chi connectivity index (χ0n) is 15.0. The van der Waals surface area contributed by atoms with Crippen molar-refractivity contribution in [3.8, 4) is 0 Å². The monoisotopic (exact) mass is 408 g/mol. The fraction of sp³-hybridized carbons (Fsp3) is 0.333. The Bertz CT molecular complexity index is 1030. The van der Waals surface area contributed by atoms with E-state index in [2.05, 4.69) is 20.6 Å². The van der Waals surface area contributed by atoms with Crippen molar-refractivity contribution in [1.82, 2.24) is 19.8 Å². The van der Waals surface area contributed by atoms with Gasteiger partial charge in [-0.2, -0.15) is 17.7 Å². The number of nitrogens with one attached hydrogen (secondary N) is 1. The van der Waals surface area contributed by atoms with E-state index in [0.29, 0.717) is 42.0 Å². The van der Waals surface area contributed by atoms with Crippen LogP contribution in [0.5, 0.6) is 0 Å². The van der Waals surface area contributed by atoms with E-state index >= 15 is 0 Å². The molecule has 0 radical (unpaired) electrons. The molecule has 1 saturated heterocycles. The van der Waals surface area contributed by atoms with Crippen LogP contribution >= 0.6 is 0 Å². The molecule has 1 amide bonds. The Morgan fingerprint density at radius 3 is 2.38 bits per heavy atom. The number of amides is 1. The summed E-state index contributed by atoms with van der Waals surface area (Å²) in [7, 11) is 0. The van der Waals surface area contributed by atoms with Crippen LogP contribution in [-0.2, 0) is 11.0 Å². The Balaban J connectivity index is 1.42. The fourth-order valence-corrected chi connectivity index (χ4v) is 3.27. The van der Waals surface area contributed by atoms with Gasteiger partial charge in [0.1, 0.15) is 11.6 Å². The molecule has 0 spiro atoms. The lowest BCUT2D eigenvalue weighted by molar-refractivity contribution is -0.146. The molecule has 11 heteroatoms. The van der Waals surface area contributed by atoms with Crippen LogP contribution < -0.4 is 10.2 Å². The lowest BCUT2D eigenvalue weighted by Crippen LogP contribution is -2.38. The summed E-state index contributed by atoms with van der Waals surface area (Å²) in [5.74, 6) is -1.62. The number of piperidine rings is 1. The minimum Gasteiger partial charge on any atom is -0.355 e. The highest BCUT2D eigenvalue weighted by atomic mass is 19.4. The number of anilines is 2. The van der Waals surface area contributed by atoms with Crippen molar-refractivity contribution in [1.29, 1.82) is 0 Å². The predicted octanol–water partition coefficient (Wildman–Crippen LogP) is 3.14. The van der Waals surface area contributed by atoms with Crippen molar-refractivity contribution in [2.45, 2.75) is 19.0 Å². The van der Waals surface area contributed by atoms with Gasteiger partial charge in [0.05, 0.1) is 0 Å². The van der Waals surface area contributed by atoms with E-state index in [1.54, 1.807) is 6.07 Å². The summed E-state index contributed by atoms with van der Waals surface area (Å²) in [5, 5.41) is 13.4. The molecule has 0 unspecified atom stereocenters. The molecule has 0 aliphatic carbocycles. The number of benzene rings is 1. The van der Waals surface area contributed by atoms with Gasteiger partial charge in [0.15, 0.2) is 5.65 Å². The maximum atomic E-state index is 13.0. The van der Waals surface area contributed by atoms with Crippen LogP contribution in [0.4, 0.5) is 29.1 Å². The third-order valence-electron chi connectivity index (χ3n) is 4.80. The number of alkyl halides is 3. The summed E-state index contributed by atoms with van der Waals surface area (Å²) >= 11 is 0. The molecule has 0 atom stereocenters. The van der Waals surface area contributed by atoms with Gasteiger partial charge < -0.3 is 10.2 Å². The predicted molar refractivity (Wildman–Crippen MR) is 95.8 cm³/mol. The smallest absolute Gasteiger partial charge is 0.355 e. The van der Waals surface area contributed by atoms with Crippen LogP contribution in [0.15, 0.2) is 36.4 Å². The maximum absolute atomic E-state index is 13.0. The van der Waals surface area contributed by atoms with Crippen LogP contribution in [-0.4, -0.2) is 38.8 Å². The third-order valence-corrected chi connectivity index (χ3v) is 4.80. The number of fused-ring (bicyclic) bond motifs is 1. The second kappa shape index (κ2) is 7.30. The fourth-order valence-electron chi connectivity index (χ4n) is 3.27. The minimum absolute atomic E-state index is 0.00892. The van der Waals surface area contributed by atoms with Crippen molar-refractivity contribution < 1.29 is 22.4 Å². The standard InChI is InChI=1S/C18H16F4N6O/c19-12-1-3-13(4-2-12)23-16(29)11-7-9-27(10-8-11)15-6-5-14-24-25-17(18(20,21)22)28(14)26-15/h1-6,11H,7-10H2,(H,23,29). The van der Waals surface area contributed by atoms with E-state index in [0.717, 1.165) is 0 Å². The molecular weight excluding hydrogens is 392 g/mol. The SMILES string of the molecule is O=C(Nc1ccc(F)cc1)C1CCN(c2ccc3nnc(C(F)(F)F)n3n2)CC1. The number of halogens is 4. The zero-order chi connectivity index (χ0) is 20.6. The molecule has 1 fully saturated rings. The van der Waals surface area contributed by atoms with Crippen molar-refractivity contribution in [3.63, 3.8) is 0 Å². The largest absolute Gasteiger partial charge is 0.453 e. The summed E-state index contributed by atoms with van der Waals surface area (Å²) in [4.78, 5) is 14.2. The van der Waals surface area contributed by atoms with Crippen LogP contribution in [0.1, 0.15) is 18.7 Å². The number of rotatable bonds is 3. The first-order valence-corrected chi connectivity index (χ1v) is 8.92. The van der Waals surface area contributed by atoms with E-state index < -0.39 is 12.0 Å². The van der Waals surface area contributed by atoms with Gasteiger partial charge in [-0.05, 0) is 49.2 Å². The quantitative estimate of drug-likeness (QED) is 0.674. The van der Waals surface area contributed by atoms with E-state index in [1.807, 2.05) is 4.90 Å². The van der Waals surface area contributed by atoms with Gasteiger partial charge in [0, 0.05) is 24.7 Å².